The summed E-state index contributed by atoms with van der Waals surface area (Å²) in [5.74, 6) is 0. The van der Waals surface area contributed by atoms with Gasteiger partial charge in [-0.05, 0) is 0 Å². The predicted octanol–water partition coefficient (Wildman–Crippen LogP) is -0.225. The average molecular weight is 209 g/mol. The molecule has 34 valence electrons. The zero-order chi connectivity index (χ0) is 3.58. The average Bonchev–Trinajstić information content (AvgIpc) is 0.811. The number of rotatable bonds is 0. The molecule has 0 unspecified atom stereocenters. The fraction of sp³-hybridized carbons (Fsp3) is 0. The summed E-state index contributed by atoms with van der Waals surface area (Å²) in [6.45, 7) is 0. The topological polar surface area (TPSA) is 66.5 Å². The van der Waals surface area contributed by atoms with Gasteiger partial charge in [0.25, 0.3) is 0 Å². The van der Waals surface area contributed by atoms with E-state index in [9.17, 15) is 0 Å². The van der Waals surface area contributed by atoms with Gasteiger partial charge in [-0.2, -0.15) is 0 Å². The van der Waals surface area contributed by atoms with Crippen LogP contribution in [0.1, 0.15) is 0 Å². The van der Waals surface area contributed by atoms with Crippen LogP contribution in [-0.4, -0.2) is 9.79 Å². The Morgan fingerprint density at radius 3 is 1.40 bits per heavy atom. The van der Waals surface area contributed by atoms with Crippen molar-refractivity contribution in [1.29, 1.82) is 0 Å². The molecule has 0 heterocycles. The summed E-state index contributed by atoms with van der Waals surface area (Å²) in [5, 5.41) is 0. The molecule has 0 saturated carbocycles. The van der Waals surface area contributed by atoms with Gasteiger partial charge in [-0.25, -0.2) is 0 Å². The molecule has 0 atom stereocenters. The van der Waals surface area contributed by atoms with Gasteiger partial charge in [0.2, 0.25) is 8.53 Å². The summed E-state index contributed by atoms with van der Waals surface area (Å²) < 4.78 is 0. The second kappa shape index (κ2) is 5.04. The zero-order valence-electron chi connectivity index (χ0n) is 2.33. The number of nitrogens with two attached hydrogens (primary N) is 1. The molecule has 5 heteroatoms. The highest BCUT2D eigenvalue weighted by Crippen LogP contribution is 2.05. The van der Waals surface area contributed by atoms with Gasteiger partial charge in [-0.15, -0.1) is 24.0 Å². The van der Waals surface area contributed by atoms with Gasteiger partial charge in [-0.3, -0.25) is 5.50 Å². The fourth-order valence-electron chi connectivity index (χ4n) is 0. The van der Waals surface area contributed by atoms with Gasteiger partial charge in [-0.1, -0.05) is 0 Å². The molecule has 0 aromatic heterocycles. The molecule has 0 fully saturated rings. The normalized spacial score (nSPS) is 7.20. The molecule has 3 nitrogen and oxygen atoms in total. The van der Waals surface area contributed by atoms with Crippen molar-refractivity contribution in [2.75, 3.05) is 0 Å². The Labute approximate surface area is 48.2 Å². The van der Waals surface area contributed by atoms with Crippen molar-refractivity contribution in [3.8, 4) is 0 Å². The Balaban J connectivity index is 0. The largest absolute Gasteiger partial charge is 0.338 e. The first-order chi connectivity index (χ1) is 1.73. The Kier molecular flexibility index (Phi) is 9.48. The standard InChI is InChI=1S/HI.H4NO2P/c;1-4(2)3/h1H;2-3H,1H2. The molecule has 0 rings (SSSR count). The van der Waals surface area contributed by atoms with Crippen molar-refractivity contribution < 1.29 is 9.79 Å². The van der Waals surface area contributed by atoms with Gasteiger partial charge in [0.1, 0.15) is 0 Å². The first-order valence-electron chi connectivity index (χ1n) is 0.658. The van der Waals surface area contributed by atoms with Crippen LogP contribution in [-0.2, 0) is 0 Å². The Hall–Kier alpha value is 1.04. The van der Waals surface area contributed by atoms with E-state index >= 15 is 0 Å². The van der Waals surface area contributed by atoms with Crippen molar-refractivity contribution in [3.05, 3.63) is 0 Å². The summed E-state index contributed by atoms with van der Waals surface area (Å²) >= 11 is 0. The first-order valence-corrected chi connectivity index (χ1v) is 1.97. The Bertz CT molecular complexity index is 14.4. The van der Waals surface area contributed by atoms with Gasteiger partial charge in [0, 0.05) is 0 Å². The molecule has 0 bridgehead atoms. The van der Waals surface area contributed by atoms with Gasteiger partial charge < -0.3 is 9.79 Å². The second-order valence-corrected chi connectivity index (χ2v) is 0.961. The third-order valence-electron chi connectivity index (χ3n) is 0. The van der Waals surface area contributed by atoms with E-state index in [2.05, 4.69) is 5.50 Å². The van der Waals surface area contributed by atoms with Crippen LogP contribution in [0.5, 0.6) is 0 Å². The quantitative estimate of drug-likeness (QED) is 0.381. The van der Waals surface area contributed by atoms with Crippen LogP contribution in [0.15, 0.2) is 0 Å². The van der Waals surface area contributed by atoms with Crippen LogP contribution in [0, 0.1) is 0 Å². The summed E-state index contributed by atoms with van der Waals surface area (Å²) in [6, 6.07) is 0. The lowest BCUT2D eigenvalue weighted by Gasteiger charge is -1.79. The monoisotopic (exact) mass is 209 g/mol. The van der Waals surface area contributed by atoms with Crippen LogP contribution in [0.2, 0.25) is 0 Å². The number of halogens is 1. The van der Waals surface area contributed by atoms with E-state index in [4.69, 9.17) is 9.79 Å². The minimum atomic E-state index is -2.12. The summed E-state index contributed by atoms with van der Waals surface area (Å²) in [4.78, 5) is 14.9. The molecule has 5 heavy (non-hydrogen) atoms. The molecule has 0 amide bonds. The van der Waals surface area contributed by atoms with E-state index in [0.29, 0.717) is 0 Å². The van der Waals surface area contributed by atoms with E-state index in [0.717, 1.165) is 0 Å². The second-order valence-electron chi connectivity index (χ2n) is 0.320. The van der Waals surface area contributed by atoms with Crippen LogP contribution < -0.4 is 5.50 Å². The summed E-state index contributed by atoms with van der Waals surface area (Å²) in [7, 11) is -2.12. The van der Waals surface area contributed by atoms with Gasteiger partial charge >= 0.3 is 0 Å². The maximum absolute atomic E-state index is 7.45. The molecule has 0 aromatic rings. The molecule has 0 aliphatic carbocycles. The predicted molar refractivity (Wildman–Crippen MR) is 31.0 cm³/mol. The fourth-order valence-corrected chi connectivity index (χ4v) is 0. The molecule has 0 aromatic carbocycles. The number of hydrogen-bond acceptors (Lipinski definition) is 3. The van der Waals surface area contributed by atoms with Crippen molar-refractivity contribution in [2.45, 2.75) is 0 Å². The highest BCUT2D eigenvalue weighted by molar-refractivity contribution is 14.0. The van der Waals surface area contributed by atoms with Crippen LogP contribution in [0.25, 0.3) is 0 Å². The van der Waals surface area contributed by atoms with E-state index in [1.165, 1.54) is 0 Å². The smallest absolute Gasteiger partial charge is 0.247 e. The van der Waals surface area contributed by atoms with Gasteiger partial charge in [0.05, 0.1) is 0 Å². The van der Waals surface area contributed by atoms with Crippen molar-refractivity contribution in [3.63, 3.8) is 0 Å². The molecule has 0 spiro atoms. The Morgan fingerprint density at radius 2 is 1.40 bits per heavy atom. The van der Waals surface area contributed by atoms with E-state index in [1.54, 1.807) is 0 Å². The lowest BCUT2D eigenvalue weighted by molar-refractivity contribution is 0.485. The molecule has 4 N–H and O–H groups in total. The molecule has 0 aliphatic rings. The van der Waals surface area contributed by atoms with Gasteiger partial charge in [0.15, 0.2) is 0 Å². The van der Waals surface area contributed by atoms with E-state index in [1.807, 2.05) is 0 Å². The lowest BCUT2D eigenvalue weighted by Crippen LogP contribution is -1.78. The van der Waals surface area contributed by atoms with Crippen molar-refractivity contribution in [1.82, 2.24) is 0 Å². The van der Waals surface area contributed by atoms with Crippen molar-refractivity contribution in [2.24, 2.45) is 5.50 Å². The van der Waals surface area contributed by atoms with E-state index in [-0.39, 0.29) is 24.0 Å². The number of hydrogen-bond donors (Lipinski definition) is 3. The molecule has 0 radical (unpaired) electrons. The molecular weight excluding hydrogens is 204 g/mol. The molecule has 0 aliphatic heterocycles. The minimum absolute atomic E-state index is 0. The van der Waals surface area contributed by atoms with Crippen LogP contribution in [0.4, 0.5) is 0 Å². The SMILES string of the molecule is I.NP(O)O. The minimum Gasteiger partial charge on any atom is -0.338 e. The third-order valence-corrected chi connectivity index (χ3v) is 0. The highest BCUT2D eigenvalue weighted by atomic mass is 127. The van der Waals surface area contributed by atoms with Crippen molar-refractivity contribution >= 4 is 32.5 Å². The Morgan fingerprint density at radius 1 is 1.40 bits per heavy atom. The summed E-state index contributed by atoms with van der Waals surface area (Å²) in [5.41, 5.74) is 4.29. The van der Waals surface area contributed by atoms with Crippen LogP contribution >= 0.6 is 32.5 Å². The molecule has 0 saturated heterocycles. The maximum atomic E-state index is 7.45. The maximum Gasteiger partial charge on any atom is 0.247 e. The zero-order valence-corrected chi connectivity index (χ0v) is 5.55. The first kappa shape index (κ1) is 9.40. The highest BCUT2D eigenvalue weighted by Gasteiger charge is 1.72. The third kappa shape index (κ3) is 43.1. The van der Waals surface area contributed by atoms with Crippen LogP contribution in [0.3, 0.4) is 0 Å². The summed E-state index contributed by atoms with van der Waals surface area (Å²) in [6.07, 6.45) is 0. The molecular formula is H5INO2P. The lowest BCUT2D eigenvalue weighted by atomic mass is 13.9. The van der Waals surface area contributed by atoms with E-state index < -0.39 is 8.53 Å².